The predicted octanol–water partition coefficient (Wildman–Crippen LogP) is 4.64. The Morgan fingerprint density at radius 3 is 2.37 bits per heavy atom. The number of amides is 1. The van der Waals surface area contributed by atoms with Gasteiger partial charge in [0.1, 0.15) is 0 Å². The van der Waals surface area contributed by atoms with E-state index in [4.69, 9.17) is 21.1 Å². The summed E-state index contributed by atoms with van der Waals surface area (Å²) in [4.78, 5) is 12.0. The minimum absolute atomic E-state index is 0.102. The van der Waals surface area contributed by atoms with Crippen LogP contribution in [0.2, 0.25) is 5.02 Å². The molecule has 0 fully saturated rings. The van der Waals surface area contributed by atoms with Crippen LogP contribution < -0.4 is 20.1 Å². The molecule has 0 aliphatic heterocycles. The fourth-order valence-corrected chi connectivity index (χ4v) is 2.67. The van der Waals surface area contributed by atoms with Crippen LogP contribution in [0, 0.1) is 0 Å². The van der Waals surface area contributed by atoms with Gasteiger partial charge in [-0.1, -0.05) is 29.8 Å². The van der Waals surface area contributed by atoms with E-state index in [2.05, 4.69) is 10.6 Å². The Morgan fingerprint density at radius 2 is 1.74 bits per heavy atom. The van der Waals surface area contributed by atoms with Crippen LogP contribution in [0.1, 0.15) is 33.3 Å². The average Bonchev–Trinajstić information content (AvgIpc) is 2.60. The Morgan fingerprint density at radius 1 is 1.07 bits per heavy atom. The van der Waals surface area contributed by atoms with Crippen molar-refractivity contribution in [2.75, 3.05) is 18.5 Å². The van der Waals surface area contributed by atoms with Crippen molar-refractivity contribution in [3.05, 3.63) is 53.1 Å². The first-order chi connectivity index (χ1) is 12.8. The molecule has 6 heteroatoms. The van der Waals surface area contributed by atoms with Gasteiger partial charge in [-0.2, -0.15) is 0 Å². The summed E-state index contributed by atoms with van der Waals surface area (Å²) in [5.74, 6) is 0.820. The van der Waals surface area contributed by atoms with Crippen molar-refractivity contribution < 1.29 is 14.3 Å². The maximum absolute atomic E-state index is 12.0. The molecule has 5 nitrogen and oxygen atoms in total. The Labute approximate surface area is 166 Å². The highest BCUT2D eigenvalue weighted by molar-refractivity contribution is 6.31. The van der Waals surface area contributed by atoms with E-state index in [9.17, 15) is 4.79 Å². The smallest absolute Gasteiger partial charge is 0.258 e. The third-order valence-electron chi connectivity index (χ3n) is 3.54. The average molecular weight is 391 g/mol. The number of para-hydroxylation sites is 1. The van der Waals surface area contributed by atoms with Gasteiger partial charge in [0.15, 0.2) is 18.1 Å². The fourth-order valence-electron chi connectivity index (χ4n) is 2.44. The summed E-state index contributed by atoms with van der Waals surface area (Å²) in [5, 5.41) is 6.73. The summed E-state index contributed by atoms with van der Waals surface area (Å²) in [6, 6.07) is 13.4. The molecule has 0 saturated heterocycles. The van der Waals surface area contributed by atoms with Gasteiger partial charge in [-0.3, -0.25) is 4.79 Å². The largest absolute Gasteiger partial charge is 0.490 e. The third-order valence-corrected chi connectivity index (χ3v) is 3.89. The first-order valence-corrected chi connectivity index (χ1v) is 9.34. The highest BCUT2D eigenvalue weighted by Gasteiger charge is 2.16. The van der Waals surface area contributed by atoms with Crippen molar-refractivity contribution in [1.82, 2.24) is 5.32 Å². The van der Waals surface area contributed by atoms with Gasteiger partial charge in [0.2, 0.25) is 0 Å². The van der Waals surface area contributed by atoms with E-state index in [0.29, 0.717) is 29.7 Å². The molecule has 1 amide bonds. The minimum atomic E-state index is -0.312. The summed E-state index contributed by atoms with van der Waals surface area (Å²) in [6.07, 6.45) is 0. The quantitative estimate of drug-likeness (QED) is 0.689. The third kappa shape index (κ3) is 7.02. The van der Waals surface area contributed by atoms with Crippen molar-refractivity contribution in [3.63, 3.8) is 0 Å². The Bertz CT molecular complexity index is 758. The SMILES string of the molecule is CCOc1cc(CNc2ccccc2)c(Cl)cc1OCC(=O)NC(C)(C)C. The number of hydrogen-bond acceptors (Lipinski definition) is 4. The molecule has 0 unspecified atom stereocenters. The number of rotatable bonds is 8. The Hall–Kier alpha value is -2.40. The number of halogens is 1. The lowest BCUT2D eigenvalue weighted by atomic mass is 10.1. The molecule has 146 valence electrons. The molecule has 2 rings (SSSR count). The van der Waals surface area contributed by atoms with Crippen molar-refractivity contribution in [3.8, 4) is 11.5 Å². The Kier molecular flexibility index (Phi) is 7.36. The molecule has 0 aromatic heterocycles. The van der Waals surface area contributed by atoms with Crippen LogP contribution in [0.3, 0.4) is 0 Å². The monoisotopic (exact) mass is 390 g/mol. The van der Waals surface area contributed by atoms with Gasteiger partial charge in [-0.25, -0.2) is 0 Å². The van der Waals surface area contributed by atoms with Gasteiger partial charge in [-0.15, -0.1) is 0 Å². The topological polar surface area (TPSA) is 59.6 Å². The molecule has 0 heterocycles. The number of ether oxygens (including phenoxy) is 2. The normalized spacial score (nSPS) is 11.0. The molecule has 2 aromatic carbocycles. The zero-order valence-electron chi connectivity index (χ0n) is 16.3. The second kappa shape index (κ2) is 9.51. The predicted molar refractivity (Wildman–Crippen MR) is 110 cm³/mol. The lowest BCUT2D eigenvalue weighted by molar-refractivity contribution is -0.124. The van der Waals surface area contributed by atoms with Gasteiger partial charge < -0.3 is 20.1 Å². The summed E-state index contributed by atoms with van der Waals surface area (Å²) < 4.78 is 11.3. The zero-order chi connectivity index (χ0) is 19.9. The van der Waals surface area contributed by atoms with E-state index in [1.54, 1.807) is 6.07 Å². The minimum Gasteiger partial charge on any atom is -0.490 e. The van der Waals surface area contributed by atoms with E-state index < -0.39 is 0 Å². The van der Waals surface area contributed by atoms with Crippen molar-refractivity contribution in [2.24, 2.45) is 0 Å². The second-order valence-corrected chi connectivity index (χ2v) is 7.54. The number of nitrogens with one attached hydrogen (secondary N) is 2. The lowest BCUT2D eigenvalue weighted by Gasteiger charge is -2.21. The summed E-state index contributed by atoms with van der Waals surface area (Å²) in [5.41, 5.74) is 1.58. The molecule has 27 heavy (non-hydrogen) atoms. The van der Waals surface area contributed by atoms with Crippen LogP contribution in [-0.4, -0.2) is 24.7 Å². The zero-order valence-corrected chi connectivity index (χ0v) is 17.0. The van der Waals surface area contributed by atoms with Crippen LogP contribution >= 0.6 is 11.6 Å². The maximum Gasteiger partial charge on any atom is 0.258 e. The number of hydrogen-bond donors (Lipinski definition) is 2. The lowest BCUT2D eigenvalue weighted by Crippen LogP contribution is -2.43. The summed E-state index contributed by atoms with van der Waals surface area (Å²) in [7, 11) is 0. The van der Waals surface area contributed by atoms with Crippen LogP contribution in [-0.2, 0) is 11.3 Å². The van der Waals surface area contributed by atoms with E-state index >= 15 is 0 Å². The highest BCUT2D eigenvalue weighted by atomic mass is 35.5. The maximum atomic E-state index is 12.0. The highest BCUT2D eigenvalue weighted by Crippen LogP contribution is 2.34. The molecule has 2 N–H and O–H groups in total. The van der Waals surface area contributed by atoms with Crippen LogP contribution in [0.5, 0.6) is 11.5 Å². The van der Waals surface area contributed by atoms with Crippen molar-refractivity contribution in [2.45, 2.75) is 39.8 Å². The molecule has 0 saturated carbocycles. The molecule has 0 atom stereocenters. The molecule has 2 aromatic rings. The van der Waals surface area contributed by atoms with Gasteiger partial charge in [-0.05, 0) is 51.5 Å². The molecule has 0 spiro atoms. The first kappa shape index (κ1) is 20.9. The second-order valence-electron chi connectivity index (χ2n) is 7.13. The number of carbonyl (C=O) groups is 1. The summed E-state index contributed by atoms with van der Waals surface area (Å²) in [6.45, 7) is 8.58. The van der Waals surface area contributed by atoms with Gasteiger partial charge in [0.25, 0.3) is 5.91 Å². The van der Waals surface area contributed by atoms with E-state index in [0.717, 1.165) is 11.3 Å². The van der Waals surface area contributed by atoms with E-state index in [1.807, 2.05) is 64.1 Å². The summed E-state index contributed by atoms with van der Waals surface area (Å²) >= 11 is 6.41. The van der Waals surface area contributed by atoms with Crippen LogP contribution in [0.15, 0.2) is 42.5 Å². The van der Waals surface area contributed by atoms with E-state index in [-0.39, 0.29) is 18.1 Å². The van der Waals surface area contributed by atoms with Gasteiger partial charge >= 0.3 is 0 Å². The van der Waals surface area contributed by atoms with Crippen LogP contribution in [0.25, 0.3) is 0 Å². The number of carbonyl (C=O) groups excluding carboxylic acids is 1. The first-order valence-electron chi connectivity index (χ1n) is 8.96. The van der Waals surface area contributed by atoms with Gasteiger partial charge in [0.05, 0.1) is 6.61 Å². The van der Waals surface area contributed by atoms with Crippen molar-refractivity contribution in [1.29, 1.82) is 0 Å². The van der Waals surface area contributed by atoms with Crippen LogP contribution in [0.4, 0.5) is 5.69 Å². The Balaban J connectivity index is 2.09. The van der Waals surface area contributed by atoms with Gasteiger partial charge in [0, 0.05) is 28.9 Å². The molecule has 0 bridgehead atoms. The molecule has 0 aliphatic rings. The fraction of sp³-hybridized carbons (Fsp3) is 0.381. The molecular weight excluding hydrogens is 364 g/mol. The number of benzene rings is 2. The molecular formula is C21H27ClN2O3. The van der Waals surface area contributed by atoms with Crippen molar-refractivity contribution >= 4 is 23.2 Å². The number of anilines is 1. The standard InChI is InChI=1S/C21H27ClN2O3/c1-5-26-18-11-15(13-23-16-9-7-6-8-10-16)17(22)12-19(18)27-14-20(25)24-21(2,3)4/h6-12,23H,5,13-14H2,1-4H3,(H,24,25). The molecule has 0 radical (unpaired) electrons. The molecule has 0 aliphatic carbocycles. The van der Waals surface area contributed by atoms with E-state index in [1.165, 1.54) is 0 Å².